The van der Waals surface area contributed by atoms with Gasteiger partial charge < -0.3 is 10.5 Å². The third kappa shape index (κ3) is 3.89. The van der Waals surface area contributed by atoms with Gasteiger partial charge in [0.05, 0.1) is 13.2 Å². The van der Waals surface area contributed by atoms with Crippen molar-refractivity contribution >= 4 is 15.9 Å². The molecule has 0 saturated heterocycles. The molecule has 0 bridgehead atoms. The van der Waals surface area contributed by atoms with E-state index in [1.807, 2.05) is 31.2 Å². The summed E-state index contributed by atoms with van der Waals surface area (Å²) >= 11 is 3.45. The molecule has 1 aromatic rings. The van der Waals surface area contributed by atoms with Crippen molar-refractivity contribution < 1.29 is 4.74 Å². The van der Waals surface area contributed by atoms with Crippen molar-refractivity contribution in [3.8, 4) is 0 Å². The van der Waals surface area contributed by atoms with E-state index in [1.54, 1.807) is 0 Å². The maximum absolute atomic E-state index is 5.56. The summed E-state index contributed by atoms with van der Waals surface area (Å²) < 4.78 is 6.49. The van der Waals surface area contributed by atoms with Crippen molar-refractivity contribution in [2.24, 2.45) is 5.73 Å². The largest absolute Gasteiger partial charge is 0.375 e. The van der Waals surface area contributed by atoms with Gasteiger partial charge in [-0.2, -0.15) is 0 Å². The lowest BCUT2D eigenvalue weighted by Crippen LogP contribution is -2.21. The van der Waals surface area contributed by atoms with Gasteiger partial charge in [-0.3, -0.25) is 0 Å². The van der Waals surface area contributed by atoms with Crippen LogP contribution >= 0.6 is 15.9 Å². The Hall–Kier alpha value is -0.380. The van der Waals surface area contributed by atoms with Crippen LogP contribution in [0, 0.1) is 0 Å². The van der Waals surface area contributed by atoms with Crippen molar-refractivity contribution in [1.29, 1.82) is 0 Å². The van der Waals surface area contributed by atoms with Gasteiger partial charge in [0.25, 0.3) is 0 Å². The molecule has 1 aromatic carbocycles. The monoisotopic (exact) mass is 243 g/mol. The van der Waals surface area contributed by atoms with Crippen molar-refractivity contribution in [2.45, 2.75) is 19.6 Å². The molecular formula is C10H14BrNO. The quantitative estimate of drug-likeness (QED) is 0.882. The van der Waals surface area contributed by atoms with Crippen molar-refractivity contribution in [3.63, 3.8) is 0 Å². The number of halogens is 1. The van der Waals surface area contributed by atoms with Crippen LogP contribution in [0.4, 0.5) is 0 Å². The van der Waals surface area contributed by atoms with E-state index in [4.69, 9.17) is 10.5 Å². The van der Waals surface area contributed by atoms with Crippen molar-refractivity contribution in [2.75, 3.05) is 6.61 Å². The summed E-state index contributed by atoms with van der Waals surface area (Å²) in [6.07, 6.45) is 0. The molecule has 0 spiro atoms. The highest BCUT2D eigenvalue weighted by Crippen LogP contribution is 2.16. The van der Waals surface area contributed by atoms with Crippen LogP contribution in [-0.4, -0.2) is 12.6 Å². The lowest BCUT2D eigenvalue weighted by Gasteiger charge is -2.07. The minimum atomic E-state index is 0.0995. The molecule has 0 saturated carbocycles. The summed E-state index contributed by atoms with van der Waals surface area (Å²) in [6.45, 7) is 3.14. The first-order chi connectivity index (χ1) is 6.20. The van der Waals surface area contributed by atoms with Gasteiger partial charge in [-0.1, -0.05) is 34.1 Å². The van der Waals surface area contributed by atoms with Gasteiger partial charge in [0.1, 0.15) is 0 Å². The third-order valence-electron chi connectivity index (χ3n) is 1.60. The molecule has 72 valence electrons. The normalized spacial score (nSPS) is 12.8. The van der Waals surface area contributed by atoms with E-state index in [1.165, 1.54) is 0 Å². The Labute approximate surface area is 87.2 Å². The highest BCUT2D eigenvalue weighted by molar-refractivity contribution is 9.10. The summed E-state index contributed by atoms with van der Waals surface area (Å²) in [4.78, 5) is 0. The van der Waals surface area contributed by atoms with Crippen LogP contribution in [0.1, 0.15) is 12.5 Å². The minimum absolute atomic E-state index is 0.0995. The van der Waals surface area contributed by atoms with Crippen LogP contribution in [0.25, 0.3) is 0 Å². The predicted octanol–water partition coefficient (Wildman–Crippen LogP) is 2.31. The maximum Gasteiger partial charge on any atom is 0.0728 e. The highest BCUT2D eigenvalue weighted by atomic mass is 79.9. The Kier molecular flexibility index (Phi) is 4.42. The molecule has 0 fully saturated rings. The molecule has 0 aliphatic rings. The average molecular weight is 244 g/mol. The fraction of sp³-hybridized carbons (Fsp3) is 0.400. The maximum atomic E-state index is 5.56. The van der Waals surface area contributed by atoms with E-state index in [0.29, 0.717) is 13.2 Å². The van der Waals surface area contributed by atoms with Gasteiger partial charge in [0.15, 0.2) is 0 Å². The van der Waals surface area contributed by atoms with Gasteiger partial charge in [-0.15, -0.1) is 0 Å². The molecule has 0 heterocycles. The number of hydrogen-bond acceptors (Lipinski definition) is 2. The summed E-state index contributed by atoms with van der Waals surface area (Å²) in [5.41, 5.74) is 6.71. The van der Waals surface area contributed by atoms with Gasteiger partial charge >= 0.3 is 0 Å². The topological polar surface area (TPSA) is 35.2 Å². The number of benzene rings is 1. The van der Waals surface area contributed by atoms with Crippen LogP contribution in [0.2, 0.25) is 0 Å². The molecular weight excluding hydrogens is 230 g/mol. The fourth-order valence-electron chi connectivity index (χ4n) is 0.970. The minimum Gasteiger partial charge on any atom is -0.375 e. The molecule has 2 nitrogen and oxygen atoms in total. The fourth-order valence-corrected chi connectivity index (χ4v) is 1.37. The number of nitrogens with two attached hydrogens (primary N) is 1. The standard InChI is InChI=1S/C10H14BrNO/c1-8(12)6-13-7-9-4-2-3-5-10(9)11/h2-5,8H,6-7,12H2,1H3. The Balaban J connectivity index is 2.41. The first-order valence-corrected chi connectivity index (χ1v) is 5.06. The number of ether oxygens (including phenoxy) is 1. The first kappa shape index (κ1) is 10.7. The Morgan fingerprint density at radius 3 is 2.77 bits per heavy atom. The summed E-state index contributed by atoms with van der Waals surface area (Å²) in [5, 5.41) is 0. The van der Waals surface area contributed by atoms with E-state index in [2.05, 4.69) is 15.9 Å². The molecule has 0 aliphatic carbocycles. The summed E-state index contributed by atoms with van der Waals surface area (Å²) in [7, 11) is 0. The summed E-state index contributed by atoms with van der Waals surface area (Å²) in [6, 6.07) is 8.12. The molecule has 0 amide bonds. The first-order valence-electron chi connectivity index (χ1n) is 4.27. The highest BCUT2D eigenvalue weighted by Gasteiger charge is 1.99. The molecule has 2 N–H and O–H groups in total. The lowest BCUT2D eigenvalue weighted by molar-refractivity contribution is 0.111. The van der Waals surface area contributed by atoms with Gasteiger partial charge in [-0.05, 0) is 18.6 Å². The number of rotatable bonds is 4. The second kappa shape index (κ2) is 5.37. The smallest absolute Gasteiger partial charge is 0.0728 e. The second-order valence-corrected chi connectivity index (χ2v) is 3.94. The third-order valence-corrected chi connectivity index (χ3v) is 2.37. The lowest BCUT2D eigenvalue weighted by atomic mass is 10.2. The molecule has 0 aromatic heterocycles. The molecule has 13 heavy (non-hydrogen) atoms. The summed E-state index contributed by atoms with van der Waals surface area (Å²) in [5.74, 6) is 0. The van der Waals surface area contributed by atoms with Crippen molar-refractivity contribution in [3.05, 3.63) is 34.3 Å². The molecule has 0 radical (unpaired) electrons. The molecule has 1 atom stereocenters. The average Bonchev–Trinajstić information content (AvgIpc) is 2.08. The van der Waals surface area contributed by atoms with Gasteiger partial charge in [0.2, 0.25) is 0 Å². The van der Waals surface area contributed by atoms with E-state index < -0.39 is 0 Å². The Bertz CT molecular complexity index is 263. The molecule has 1 rings (SSSR count). The zero-order chi connectivity index (χ0) is 9.68. The molecule has 1 unspecified atom stereocenters. The van der Waals surface area contributed by atoms with E-state index in [0.717, 1.165) is 10.0 Å². The van der Waals surface area contributed by atoms with Gasteiger partial charge in [0, 0.05) is 10.5 Å². The van der Waals surface area contributed by atoms with Crippen LogP contribution < -0.4 is 5.73 Å². The number of hydrogen-bond donors (Lipinski definition) is 1. The Morgan fingerprint density at radius 1 is 1.46 bits per heavy atom. The van der Waals surface area contributed by atoms with Crippen molar-refractivity contribution in [1.82, 2.24) is 0 Å². The van der Waals surface area contributed by atoms with Crippen LogP contribution in [0.5, 0.6) is 0 Å². The van der Waals surface area contributed by atoms with Crippen LogP contribution in [0.15, 0.2) is 28.7 Å². The zero-order valence-electron chi connectivity index (χ0n) is 7.66. The molecule has 0 aliphatic heterocycles. The van der Waals surface area contributed by atoms with E-state index >= 15 is 0 Å². The SMILES string of the molecule is CC(N)COCc1ccccc1Br. The molecule has 3 heteroatoms. The second-order valence-electron chi connectivity index (χ2n) is 3.08. The van der Waals surface area contributed by atoms with E-state index in [9.17, 15) is 0 Å². The predicted molar refractivity (Wildman–Crippen MR) is 57.4 cm³/mol. The Morgan fingerprint density at radius 2 is 2.15 bits per heavy atom. The van der Waals surface area contributed by atoms with Crippen LogP contribution in [-0.2, 0) is 11.3 Å². The van der Waals surface area contributed by atoms with Crippen LogP contribution in [0.3, 0.4) is 0 Å². The zero-order valence-corrected chi connectivity index (χ0v) is 9.25. The van der Waals surface area contributed by atoms with Gasteiger partial charge in [-0.25, -0.2) is 0 Å². The van der Waals surface area contributed by atoms with E-state index in [-0.39, 0.29) is 6.04 Å².